The summed E-state index contributed by atoms with van der Waals surface area (Å²) >= 11 is 0. The predicted octanol–water partition coefficient (Wildman–Crippen LogP) is 1.78. The Balaban J connectivity index is 1.63. The lowest BCUT2D eigenvalue weighted by Gasteiger charge is -2.35. The van der Waals surface area contributed by atoms with Crippen molar-refractivity contribution < 1.29 is 23.2 Å². The van der Waals surface area contributed by atoms with Gasteiger partial charge in [0.25, 0.3) is 5.91 Å². The average Bonchev–Trinajstić information content (AvgIpc) is 2.69. The molecule has 0 aliphatic carbocycles. The quantitative estimate of drug-likeness (QED) is 0.821. The van der Waals surface area contributed by atoms with Gasteiger partial charge >= 0.3 is 0 Å². The molecule has 0 radical (unpaired) electrons. The molecule has 2 aromatic carbocycles. The first kappa shape index (κ1) is 19.5. The molecule has 1 unspecified atom stereocenters. The number of rotatable bonds is 5. The Morgan fingerprint density at radius 3 is 2.54 bits per heavy atom. The second kappa shape index (κ2) is 8.60. The van der Waals surface area contributed by atoms with Gasteiger partial charge in [-0.05, 0) is 29.8 Å². The minimum Gasteiger partial charge on any atom is -0.352 e. The molecule has 6 nitrogen and oxygen atoms in total. The second-order valence-corrected chi connectivity index (χ2v) is 6.32. The highest BCUT2D eigenvalue weighted by Crippen LogP contribution is 2.24. The maximum absolute atomic E-state index is 13.6. The summed E-state index contributed by atoms with van der Waals surface area (Å²) in [6.07, 6.45) is -0.0504. The summed E-state index contributed by atoms with van der Waals surface area (Å²) in [5, 5.41) is 5.20. The number of amides is 3. The number of carbonyl (C=O) groups excluding carboxylic acids is 3. The van der Waals surface area contributed by atoms with E-state index in [0.29, 0.717) is 18.7 Å². The zero-order valence-corrected chi connectivity index (χ0v) is 15.0. The molecule has 1 aliphatic rings. The number of nitrogens with zero attached hydrogens (tertiary/aromatic N) is 1. The van der Waals surface area contributed by atoms with Crippen molar-refractivity contribution in [3.63, 3.8) is 0 Å². The first-order valence-corrected chi connectivity index (χ1v) is 8.83. The summed E-state index contributed by atoms with van der Waals surface area (Å²) in [6, 6.07) is 10.1. The van der Waals surface area contributed by atoms with Crippen molar-refractivity contribution in [2.45, 2.75) is 12.5 Å². The lowest BCUT2D eigenvalue weighted by atomic mass is 10.0. The first-order valence-electron chi connectivity index (χ1n) is 8.83. The highest BCUT2D eigenvalue weighted by Gasteiger charge is 2.34. The van der Waals surface area contributed by atoms with E-state index < -0.39 is 23.6 Å². The number of piperazine rings is 1. The summed E-state index contributed by atoms with van der Waals surface area (Å²) < 4.78 is 26.8. The fraction of sp³-hybridized carbons (Fsp3) is 0.250. The minimum absolute atomic E-state index is 0.000256. The number of nitrogens with one attached hydrogen (secondary N) is 2. The van der Waals surface area contributed by atoms with Crippen LogP contribution >= 0.6 is 0 Å². The highest BCUT2D eigenvalue weighted by atomic mass is 19.1. The van der Waals surface area contributed by atoms with E-state index in [-0.39, 0.29) is 30.3 Å². The third-order valence-corrected chi connectivity index (χ3v) is 4.46. The lowest BCUT2D eigenvalue weighted by Crippen LogP contribution is -2.52. The third-order valence-electron chi connectivity index (χ3n) is 4.46. The van der Waals surface area contributed by atoms with Crippen LogP contribution in [0.3, 0.4) is 0 Å². The lowest BCUT2D eigenvalue weighted by molar-refractivity contribution is -0.143. The molecule has 28 heavy (non-hydrogen) atoms. The molecular weight excluding hydrogens is 368 g/mol. The number of hydrogen-bond acceptors (Lipinski definition) is 3. The van der Waals surface area contributed by atoms with Crippen LogP contribution in [0, 0.1) is 11.6 Å². The smallest absolute Gasteiger partial charge is 0.254 e. The number of hydrogen-bond donors (Lipinski definition) is 2. The van der Waals surface area contributed by atoms with Crippen molar-refractivity contribution >= 4 is 17.7 Å². The van der Waals surface area contributed by atoms with Gasteiger partial charge in [0.15, 0.2) is 0 Å². The van der Waals surface area contributed by atoms with Crippen LogP contribution in [-0.4, -0.2) is 42.3 Å². The van der Waals surface area contributed by atoms with E-state index in [2.05, 4.69) is 10.6 Å². The van der Waals surface area contributed by atoms with Crippen LogP contribution in [0.15, 0.2) is 48.5 Å². The molecule has 146 valence electrons. The summed E-state index contributed by atoms with van der Waals surface area (Å²) in [6.45, 7) is 0.609. The van der Waals surface area contributed by atoms with Crippen molar-refractivity contribution in [1.29, 1.82) is 0 Å². The number of carbonyl (C=O) groups is 3. The van der Waals surface area contributed by atoms with E-state index in [9.17, 15) is 23.2 Å². The molecule has 1 heterocycles. The Kier molecular flexibility index (Phi) is 5.98. The molecule has 1 atom stereocenters. The van der Waals surface area contributed by atoms with E-state index in [1.54, 1.807) is 6.07 Å². The Bertz CT molecular complexity index is 887. The van der Waals surface area contributed by atoms with E-state index in [0.717, 1.165) is 0 Å². The summed E-state index contributed by atoms with van der Waals surface area (Å²) in [4.78, 5) is 38.3. The highest BCUT2D eigenvalue weighted by molar-refractivity contribution is 5.95. The fourth-order valence-corrected chi connectivity index (χ4v) is 3.08. The SMILES string of the molecule is O=C(NCCC(=O)N1CCNC(=O)C1c1ccc(F)cc1)c1ccccc1F. The fourth-order valence-electron chi connectivity index (χ4n) is 3.08. The number of benzene rings is 2. The molecule has 1 fully saturated rings. The summed E-state index contributed by atoms with van der Waals surface area (Å²) in [5.74, 6) is -2.37. The monoisotopic (exact) mass is 387 g/mol. The minimum atomic E-state index is -0.857. The van der Waals surface area contributed by atoms with E-state index >= 15 is 0 Å². The Labute approximate surface area is 160 Å². The Morgan fingerprint density at radius 2 is 1.82 bits per heavy atom. The zero-order chi connectivity index (χ0) is 20.1. The normalized spacial score (nSPS) is 16.4. The summed E-state index contributed by atoms with van der Waals surface area (Å²) in [5.41, 5.74) is 0.402. The molecule has 8 heteroatoms. The molecular formula is C20H19F2N3O3. The van der Waals surface area contributed by atoms with Gasteiger partial charge in [0.2, 0.25) is 11.8 Å². The van der Waals surface area contributed by atoms with Crippen LogP contribution in [0.1, 0.15) is 28.4 Å². The topological polar surface area (TPSA) is 78.5 Å². The molecule has 1 saturated heterocycles. The van der Waals surface area contributed by atoms with Gasteiger partial charge in [0.1, 0.15) is 17.7 Å². The Hall–Kier alpha value is -3.29. The van der Waals surface area contributed by atoms with Crippen LogP contribution in [0.25, 0.3) is 0 Å². The van der Waals surface area contributed by atoms with E-state index in [1.807, 2.05) is 0 Å². The maximum Gasteiger partial charge on any atom is 0.254 e. The first-order chi connectivity index (χ1) is 13.5. The van der Waals surface area contributed by atoms with Crippen LogP contribution in [-0.2, 0) is 9.59 Å². The molecule has 2 N–H and O–H groups in total. The van der Waals surface area contributed by atoms with Crippen LogP contribution in [0.4, 0.5) is 8.78 Å². The van der Waals surface area contributed by atoms with Crippen LogP contribution in [0.5, 0.6) is 0 Å². The van der Waals surface area contributed by atoms with Gasteiger partial charge in [-0.2, -0.15) is 0 Å². The van der Waals surface area contributed by atoms with Crippen molar-refractivity contribution in [3.8, 4) is 0 Å². The molecule has 2 aromatic rings. The Morgan fingerprint density at radius 1 is 1.11 bits per heavy atom. The van der Waals surface area contributed by atoms with Gasteiger partial charge in [-0.25, -0.2) is 8.78 Å². The van der Waals surface area contributed by atoms with Gasteiger partial charge in [-0.3, -0.25) is 14.4 Å². The molecule has 3 rings (SSSR count). The van der Waals surface area contributed by atoms with Crippen molar-refractivity contribution in [3.05, 3.63) is 71.3 Å². The predicted molar refractivity (Wildman–Crippen MR) is 97.2 cm³/mol. The van der Waals surface area contributed by atoms with Gasteiger partial charge in [-0.15, -0.1) is 0 Å². The molecule has 0 spiro atoms. The molecule has 1 aliphatic heterocycles. The van der Waals surface area contributed by atoms with Gasteiger partial charge in [0, 0.05) is 26.1 Å². The van der Waals surface area contributed by atoms with Crippen LogP contribution in [0.2, 0.25) is 0 Å². The molecule has 3 amide bonds. The van der Waals surface area contributed by atoms with Crippen molar-refractivity contribution in [1.82, 2.24) is 15.5 Å². The van der Waals surface area contributed by atoms with Crippen molar-refractivity contribution in [2.75, 3.05) is 19.6 Å². The largest absolute Gasteiger partial charge is 0.352 e. The van der Waals surface area contributed by atoms with Gasteiger partial charge in [0.05, 0.1) is 5.56 Å². The number of halogens is 2. The molecule has 0 aromatic heterocycles. The van der Waals surface area contributed by atoms with E-state index in [1.165, 1.54) is 47.4 Å². The maximum atomic E-state index is 13.6. The standard InChI is InChI=1S/C20H19F2N3O3/c21-14-7-5-13(6-8-14)18-20(28)24-11-12-25(18)17(26)9-10-23-19(27)15-3-1-2-4-16(15)22/h1-8,18H,9-12H2,(H,23,27)(H,24,28). The molecule has 0 saturated carbocycles. The van der Waals surface area contributed by atoms with E-state index in [4.69, 9.17) is 0 Å². The van der Waals surface area contributed by atoms with Gasteiger partial charge in [-0.1, -0.05) is 24.3 Å². The van der Waals surface area contributed by atoms with Gasteiger partial charge < -0.3 is 15.5 Å². The van der Waals surface area contributed by atoms with Crippen LogP contribution < -0.4 is 10.6 Å². The second-order valence-electron chi connectivity index (χ2n) is 6.32. The summed E-state index contributed by atoms with van der Waals surface area (Å²) in [7, 11) is 0. The average molecular weight is 387 g/mol. The zero-order valence-electron chi connectivity index (χ0n) is 15.0. The third kappa shape index (κ3) is 4.33. The molecule has 0 bridgehead atoms. The van der Waals surface area contributed by atoms with Crippen molar-refractivity contribution in [2.24, 2.45) is 0 Å².